The highest BCUT2D eigenvalue weighted by atomic mass is 16.5. The molecule has 0 unspecified atom stereocenters. The third-order valence-electron chi connectivity index (χ3n) is 7.83. The average Bonchev–Trinajstić information content (AvgIpc) is 3.21. The highest BCUT2D eigenvalue weighted by Crippen LogP contribution is 2.67. The number of para-hydroxylation sites is 1. The molecule has 1 aromatic rings. The zero-order chi connectivity index (χ0) is 18.7. The van der Waals surface area contributed by atoms with Gasteiger partial charge in [0.2, 0.25) is 0 Å². The Balaban J connectivity index is 1.67. The molecule has 3 fully saturated rings. The number of nitrogens with zero attached hydrogens (tertiary/aromatic N) is 2. The molecule has 0 bridgehead atoms. The number of fused-ring (bicyclic) bond motifs is 1. The van der Waals surface area contributed by atoms with Crippen LogP contribution in [0.3, 0.4) is 0 Å². The van der Waals surface area contributed by atoms with Crippen molar-refractivity contribution >= 4 is 11.7 Å². The van der Waals surface area contributed by atoms with Crippen LogP contribution in [0.2, 0.25) is 0 Å². The van der Waals surface area contributed by atoms with E-state index in [2.05, 4.69) is 34.5 Å². The fraction of sp³-hybridized carbons (Fsp3) is 0.636. The zero-order valence-corrected chi connectivity index (χ0v) is 16.0. The number of rotatable bonds is 3. The maximum absolute atomic E-state index is 12.6. The van der Waals surface area contributed by atoms with E-state index in [9.17, 15) is 10.1 Å². The van der Waals surface area contributed by atoms with Crippen LogP contribution in [0.25, 0.3) is 0 Å². The summed E-state index contributed by atoms with van der Waals surface area (Å²) in [6.45, 7) is 4.38. The summed E-state index contributed by atoms with van der Waals surface area (Å²) in [5.74, 6) is -0.0786. The number of carbonyl (C=O) groups excluding carboxylic acids is 1. The number of benzene rings is 1. The van der Waals surface area contributed by atoms with E-state index in [1.165, 1.54) is 5.56 Å². The minimum Gasteiger partial charge on any atom is -0.466 e. The van der Waals surface area contributed by atoms with Gasteiger partial charge >= 0.3 is 5.97 Å². The van der Waals surface area contributed by atoms with Gasteiger partial charge < -0.3 is 10.1 Å². The van der Waals surface area contributed by atoms with Crippen molar-refractivity contribution in [2.75, 3.05) is 25.0 Å². The standard InChI is InChI=1S/C22H27N3O2/c1-2-27-18(26)14-20-8-5-12-25-13-11-22(19(20)25)16-6-3-4-7-17(16)24-21(22,15-23)10-9-20/h3-4,6-7,19,24H,2,5,8-14H2,1H3/t19-,20-,21+,22+/m1/s1. The van der Waals surface area contributed by atoms with Gasteiger partial charge in [0.1, 0.15) is 5.54 Å². The van der Waals surface area contributed by atoms with Gasteiger partial charge in [-0.15, -0.1) is 0 Å². The molecule has 142 valence electrons. The van der Waals surface area contributed by atoms with Crippen LogP contribution in [0.4, 0.5) is 5.69 Å². The number of hydrogen-bond acceptors (Lipinski definition) is 5. The van der Waals surface area contributed by atoms with Gasteiger partial charge in [0.05, 0.1) is 24.5 Å². The average molecular weight is 365 g/mol. The minimum absolute atomic E-state index is 0.0786. The Morgan fingerprint density at radius 3 is 2.96 bits per heavy atom. The fourth-order valence-electron chi connectivity index (χ4n) is 7.04. The monoisotopic (exact) mass is 365 g/mol. The van der Waals surface area contributed by atoms with E-state index in [0.717, 1.165) is 50.9 Å². The van der Waals surface area contributed by atoms with E-state index in [-0.39, 0.29) is 22.8 Å². The molecule has 5 nitrogen and oxygen atoms in total. The van der Waals surface area contributed by atoms with E-state index < -0.39 is 5.54 Å². The number of ether oxygens (including phenoxy) is 1. The zero-order valence-electron chi connectivity index (χ0n) is 16.0. The number of carbonyl (C=O) groups is 1. The molecule has 1 N–H and O–H groups in total. The largest absolute Gasteiger partial charge is 0.466 e. The summed E-state index contributed by atoms with van der Waals surface area (Å²) < 4.78 is 5.37. The smallest absolute Gasteiger partial charge is 0.306 e. The number of nitrogens with one attached hydrogen (secondary N) is 1. The lowest BCUT2D eigenvalue weighted by molar-refractivity contribution is -0.151. The second-order valence-electron chi connectivity index (χ2n) is 8.80. The fourth-order valence-corrected chi connectivity index (χ4v) is 7.04. The van der Waals surface area contributed by atoms with Gasteiger partial charge in [-0.25, -0.2) is 0 Å². The van der Waals surface area contributed by atoms with Gasteiger partial charge in [0.15, 0.2) is 0 Å². The van der Waals surface area contributed by atoms with Crippen molar-refractivity contribution in [1.82, 2.24) is 4.90 Å². The predicted octanol–water partition coefficient (Wildman–Crippen LogP) is 3.21. The molecular formula is C22H27N3O2. The lowest BCUT2D eigenvalue weighted by atomic mass is 9.48. The van der Waals surface area contributed by atoms with Crippen molar-refractivity contribution in [2.45, 2.75) is 62.4 Å². The summed E-state index contributed by atoms with van der Waals surface area (Å²) >= 11 is 0. The Bertz CT molecular complexity index is 833. The van der Waals surface area contributed by atoms with E-state index in [4.69, 9.17) is 4.74 Å². The van der Waals surface area contributed by atoms with Gasteiger partial charge in [-0.3, -0.25) is 9.69 Å². The summed E-state index contributed by atoms with van der Waals surface area (Å²) in [4.78, 5) is 15.1. The summed E-state index contributed by atoms with van der Waals surface area (Å²) in [6, 6.07) is 11.4. The van der Waals surface area contributed by atoms with Crippen molar-refractivity contribution < 1.29 is 9.53 Å². The van der Waals surface area contributed by atoms with Crippen molar-refractivity contribution in [3.8, 4) is 6.07 Å². The van der Waals surface area contributed by atoms with E-state index in [0.29, 0.717) is 13.0 Å². The van der Waals surface area contributed by atoms with Gasteiger partial charge in [-0.05, 0) is 69.2 Å². The summed E-state index contributed by atoms with van der Waals surface area (Å²) in [5.41, 5.74) is 1.52. The normalized spacial score (nSPS) is 38.9. The third kappa shape index (κ3) is 2.00. The first-order valence-electron chi connectivity index (χ1n) is 10.3. The van der Waals surface area contributed by atoms with Crippen LogP contribution in [0, 0.1) is 16.7 Å². The second kappa shape index (κ2) is 5.72. The molecular weight excluding hydrogens is 338 g/mol. The van der Waals surface area contributed by atoms with Crippen molar-refractivity contribution in [3.05, 3.63) is 29.8 Å². The van der Waals surface area contributed by atoms with Crippen LogP contribution in [0.15, 0.2) is 24.3 Å². The Morgan fingerprint density at radius 1 is 1.30 bits per heavy atom. The Morgan fingerprint density at radius 2 is 2.15 bits per heavy atom. The maximum atomic E-state index is 12.6. The molecule has 1 aromatic carbocycles. The number of anilines is 1. The molecule has 3 aliphatic heterocycles. The molecule has 1 spiro atoms. The van der Waals surface area contributed by atoms with Crippen LogP contribution in [0.1, 0.15) is 51.0 Å². The summed E-state index contributed by atoms with van der Waals surface area (Å²) in [7, 11) is 0. The van der Waals surface area contributed by atoms with Crippen molar-refractivity contribution in [2.24, 2.45) is 5.41 Å². The molecule has 1 aliphatic carbocycles. The second-order valence-corrected chi connectivity index (χ2v) is 8.80. The first-order valence-corrected chi connectivity index (χ1v) is 10.3. The Hall–Kier alpha value is -2.06. The topological polar surface area (TPSA) is 65.4 Å². The molecule has 1 saturated carbocycles. The quantitative estimate of drug-likeness (QED) is 0.833. The Labute approximate surface area is 160 Å². The van der Waals surface area contributed by atoms with E-state index >= 15 is 0 Å². The minimum atomic E-state index is -0.564. The van der Waals surface area contributed by atoms with Gasteiger partial charge in [0, 0.05) is 11.7 Å². The lowest BCUT2D eigenvalue weighted by Crippen LogP contribution is -2.68. The third-order valence-corrected chi connectivity index (χ3v) is 7.83. The molecule has 4 atom stereocenters. The lowest BCUT2D eigenvalue weighted by Gasteiger charge is -2.59. The first-order chi connectivity index (χ1) is 13.1. The Kier molecular flexibility index (Phi) is 3.61. The summed E-state index contributed by atoms with van der Waals surface area (Å²) in [6.07, 6.45) is 5.34. The van der Waals surface area contributed by atoms with Crippen LogP contribution in [-0.2, 0) is 14.9 Å². The number of nitriles is 1. The number of piperidine rings is 1. The molecule has 5 heteroatoms. The number of hydrogen-bond donors (Lipinski definition) is 1. The highest BCUT2D eigenvalue weighted by Gasteiger charge is 2.73. The summed E-state index contributed by atoms with van der Waals surface area (Å²) in [5, 5.41) is 14.0. The SMILES string of the molecule is CCOC(=O)C[C@@]12CCCN3CC[C@]4(c5ccccc5N[C@]4(C#N)CC1)[C@H]32. The van der Waals surface area contributed by atoms with Gasteiger partial charge in [-0.1, -0.05) is 18.2 Å². The van der Waals surface area contributed by atoms with Gasteiger partial charge in [0.25, 0.3) is 0 Å². The maximum Gasteiger partial charge on any atom is 0.306 e. The molecule has 4 aliphatic rings. The molecule has 3 heterocycles. The number of esters is 1. The van der Waals surface area contributed by atoms with Gasteiger partial charge in [-0.2, -0.15) is 5.26 Å². The molecule has 0 amide bonds. The van der Waals surface area contributed by atoms with E-state index in [1.807, 2.05) is 13.0 Å². The van der Waals surface area contributed by atoms with Crippen molar-refractivity contribution in [3.63, 3.8) is 0 Å². The van der Waals surface area contributed by atoms with Crippen molar-refractivity contribution in [1.29, 1.82) is 5.26 Å². The molecule has 0 aromatic heterocycles. The highest BCUT2D eigenvalue weighted by molar-refractivity contribution is 5.73. The van der Waals surface area contributed by atoms with Crippen LogP contribution < -0.4 is 5.32 Å². The first kappa shape index (κ1) is 17.1. The predicted molar refractivity (Wildman–Crippen MR) is 102 cm³/mol. The molecule has 5 rings (SSSR count). The molecule has 27 heavy (non-hydrogen) atoms. The molecule has 0 radical (unpaired) electrons. The van der Waals surface area contributed by atoms with E-state index in [1.54, 1.807) is 0 Å². The van der Waals surface area contributed by atoms with Crippen LogP contribution in [-0.4, -0.2) is 42.1 Å². The van der Waals surface area contributed by atoms with Crippen LogP contribution >= 0.6 is 0 Å². The molecule has 2 saturated heterocycles. The van der Waals surface area contributed by atoms with Crippen LogP contribution in [0.5, 0.6) is 0 Å².